The van der Waals surface area contributed by atoms with Gasteiger partial charge in [0.15, 0.2) is 5.16 Å². The smallest absolute Gasteiger partial charge is 0.275 e. The van der Waals surface area contributed by atoms with Crippen molar-refractivity contribution in [1.29, 1.82) is 0 Å². The van der Waals surface area contributed by atoms with Crippen LogP contribution in [0.2, 0.25) is 5.02 Å². The van der Waals surface area contributed by atoms with Crippen LogP contribution in [0.4, 0.5) is 11.6 Å². The first-order chi connectivity index (χ1) is 13.9. The molecule has 150 valence electrons. The molecule has 0 bridgehead atoms. The van der Waals surface area contributed by atoms with E-state index in [2.05, 4.69) is 15.3 Å². The highest BCUT2D eigenvalue weighted by molar-refractivity contribution is 8.00. The second-order valence-electron chi connectivity index (χ2n) is 6.34. The van der Waals surface area contributed by atoms with Gasteiger partial charge in [0.2, 0.25) is 5.91 Å². The van der Waals surface area contributed by atoms with Crippen molar-refractivity contribution < 1.29 is 4.79 Å². The average molecular weight is 430 g/mol. The minimum atomic E-state index is -0.503. The Hall–Kier alpha value is -2.84. The fourth-order valence-corrected chi connectivity index (χ4v) is 3.85. The van der Waals surface area contributed by atoms with Crippen LogP contribution in [0.5, 0.6) is 0 Å². The van der Waals surface area contributed by atoms with E-state index in [-0.39, 0.29) is 11.7 Å². The van der Waals surface area contributed by atoms with Crippen LogP contribution in [-0.2, 0) is 4.79 Å². The Morgan fingerprint density at radius 3 is 2.76 bits per heavy atom. The lowest BCUT2D eigenvalue weighted by Crippen LogP contribution is -2.26. The molecule has 0 fully saturated rings. The molecule has 0 aliphatic heterocycles. The first kappa shape index (κ1) is 20.9. The second kappa shape index (κ2) is 9.11. The number of thioether (sulfide) groups is 1. The van der Waals surface area contributed by atoms with Crippen molar-refractivity contribution in [2.75, 3.05) is 11.1 Å². The Morgan fingerprint density at radius 2 is 2.10 bits per heavy atom. The average Bonchev–Trinajstić information content (AvgIpc) is 2.67. The van der Waals surface area contributed by atoms with E-state index in [1.165, 1.54) is 24.0 Å². The van der Waals surface area contributed by atoms with Crippen molar-refractivity contribution in [2.45, 2.75) is 30.7 Å². The van der Waals surface area contributed by atoms with E-state index in [1.54, 1.807) is 16.7 Å². The number of benzene rings is 1. The monoisotopic (exact) mass is 429 g/mol. The van der Waals surface area contributed by atoms with Crippen molar-refractivity contribution in [2.24, 2.45) is 0 Å². The Bertz CT molecular complexity index is 1080. The first-order valence-electron chi connectivity index (χ1n) is 8.93. The predicted octanol–water partition coefficient (Wildman–Crippen LogP) is 3.68. The minimum Gasteiger partial charge on any atom is -0.385 e. The fraction of sp³-hybridized carbons (Fsp3) is 0.200. The van der Waals surface area contributed by atoms with Gasteiger partial charge in [0.05, 0.1) is 10.3 Å². The summed E-state index contributed by atoms with van der Waals surface area (Å²) < 4.78 is 1.68. The first-order valence-corrected chi connectivity index (χ1v) is 10.2. The maximum absolute atomic E-state index is 12.8. The number of aryl methyl sites for hydroxylation is 1. The summed E-state index contributed by atoms with van der Waals surface area (Å²) >= 11 is 7.01. The SMILES string of the molecule is CCC(Sc1nc(=O)cc(N)n1-c1cccc(C)c1)C(=O)Nc1ccc(Cl)cn1. The van der Waals surface area contributed by atoms with Crippen LogP contribution in [-0.4, -0.2) is 25.7 Å². The van der Waals surface area contributed by atoms with E-state index >= 15 is 0 Å². The summed E-state index contributed by atoms with van der Waals surface area (Å²) in [7, 11) is 0. The highest BCUT2D eigenvalue weighted by atomic mass is 35.5. The molecule has 1 unspecified atom stereocenters. The maximum atomic E-state index is 12.8. The van der Waals surface area contributed by atoms with Gasteiger partial charge >= 0.3 is 0 Å². The molecule has 3 aromatic rings. The molecule has 29 heavy (non-hydrogen) atoms. The molecule has 1 aromatic carbocycles. The van der Waals surface area contributed by atoms with Crippen LogP contribution < -0.4 is 16.6 Å². The Balaban J connectivity index is 1.91. The number of carbonyl (C=O) groups excluding carboxylic acids is 1. The molecule has 1 atom stereocenters. The number of hydrogen-bond acceptors (Lipinski definition) is 6. The topological polar surface area (TPSA) is 103 Å². The summed E-state index contributed by atoms with van der Waals surface area (Å²) in [6.07, 6.45) is 1.97. The summed E-state index contributed by atoms with van der Waals surface area (Å²) in [6, 6.07) is 12.2. The molecule has 0 saturated carbocycles. The lowest BCUT2D eigenvalue weighted by Gasteiger charge is -2.19. The number of halogens is 1. The third-order valence-electron chi connectivity index (χ3n) is 4.08. The van der Waals surface area contributed by atoms with Gasteiger partial charge in [0.1, 0.15) is 11.6 Å². The van der Waals surface area contributed by atoms with Crippen molar-refractivity contribution in [3.63, 3.8) is 0 Å². The number of nitrogens with two attached hydrogens (primary N) is 1. The largest absolute Gasteiger partial charge is 0.385 e. The molecule has 1 amide bonds. The third kappa shape index (κ3) is 5.16. The molecular weight excluding hydrogens is 410 g/mol. The Morgan fingerprint density at radius 1 is 1.31 bits per heavy atom. The van der Waals surface area contributed by atoms with Crippen molar-refractivity contribution in [3.05, 3.63) is 69.6 Å². The molecule has 0 saturated heterocycles. The number of pyridine rings is 1. The van der Waals surface area contributed by atoms with E-state index in [9.17, 15) is 9.59 Å². The summed E-state index contributed by atoms with van der Waals surface area (Å²) in [5.74, 6) is 0.405. The third-order valence-corrected chi connectivity index (χ3v) is 5.62. The van der Waals surface area contributed by atoms with Crippen LogP contribution in [0.25, 0.3) is 5.69 Å². The van der Waals surface area contributed by atoms with Gasteiger partial charge in [-0.1, -0.05) is 42.4 Å². The lowest BCUT2D eigenvalue weighted by atomic mass is 10.2. The summed E-state index contributed by atoms with van der Waals surface area (Å²) in [5.41, 5.74) is 7.47. The highest BCUT2D eigenvalue weighted by Crippen LogP contribution is 2.28. The number of nitrogens with zero attached hydrogens (tertiary/aromatic N) is 3. The van der Waals surface area contributed by atoms with Crippen LogP contribution in [0, 0.1) is 6.92 Å². The van der Waals surface area contributed by atoms with E-state index < -0.39 is 10.8 Å². The summed E-state index contributed by atoms with van der Waals surface area (Å²) in [6.45, 7) is 3.85. The predicted molar refractivity (Wildman–Crippen MR) is 117 cm³/mol. The zero-order valence-electron chi connectivity index (χ0n) is 15.9. The fourth-order valence-electron chi connectivity index (χ4n) is 2.69. The Kier molecular flexibility index (Phi) is 6.56. The molecule has 9 heteroatoms. The molecule has 0 radical (unpaired) electrons. The molecule has 0 aliphatic carbocycles. The van der Waals surface area contributed by atoms with Crippen LogP contribution in [0.15, 0.2) is 58.6 Å². The number of amides is 1. The van der Waals surface area contributed by atoms with Crippen molar-refractivity contribution in [1.82, 2.24) is 14.5 Å². The molecule has 2 heterocycles. The molecule has 0 spiro atoms. The van der Waals surface area contributed by atoms with Gasteiger partial charge < -0.3 is 11.1 Å². The zero-order chi connectivity index (χ0) is 21.0. The molecule has 2 aromatic heterocycles. The van der Waals surface area contributed by atoms with Gasteiger partial charge in [-0.15, -0.1) is 0 Å². The van der Waals surface area contributed by atoms with Gasteiger partial charge in [-0.2, -0.15) is 4.98 Å². The number of hydrogen-bond donors (Lipinski definition) is 2. The molecule has 7 nitrogen and oxygen atoms in total. The van der Waals surface area contributed by atoms with E-state index in [4.69, 9.17) is 17.3 Å². The zero-order valence-corrected chi connectivity index (χ0v) is 17.5. The maximum Gasteiger partial charge on any atom is 0.275 e. The number of nitrogens with one attached hydrogen (secondary N) is 1. The lowest BCUT2D eigenvalue weighted by molar-refractivity contribution is -0.115. The summed E-state index contributed by atoms with van der Waals surface area (Å²) in [4.78, 5) is 32.9. The van der Waals surface area contributed by atoms with E-state index in [1.807, 2.05) is 38.1 Å². The van der Waals surface area contributed by atoms with Crippen molar-refractivity contribution in [3.8, 4) is 5.69 Å². The number of rotatable bonds is 6. The van der Waals surface area contributed by atoms with E-state index in [0.717, 1.165) is 11.3 Å². The quantitative estimate of drug-likeness (QED) is 0.457. The van der Waals surface area contributed by atoms with Crippen LogP contribution in [0.3, 0.4) is 0 Å². The van der Waals surface area contributed by atoms with Crippen molar-refractivity contribution >= 4 is 40.9 Å². The van der Waals surface area contributed by atoms with Gasteiger partial charge in [-0.25, -0.2) is 4.98 Å². The molecular formula is C20H20ClN5O2S. The van der Waals surface area contributed by atoms with Crippen LogP contribution in [0.1, 0.15) is 18.9 Å². The molecule has 3 rings (SSSR count). The number of aromatic nitrogens is 3. The van der Waals surface area contributed by atoms with Gasteiger partial charge in [-0.05, 0) is 43.2 Å². The molecule has 0 aliphatic rings. The molecule has 3 N–H and O–H groups in total. The number of nitrogen functional groups attached to an aromatic ring is 1. The van der Waals surface area contributed by atoms with Gasteiger partial charge in [0, 0.05) is 18.0 Å². The number of anilines is 2. The minimum absolute atomic E-state index is 0.250. The Labute approximate surface area is 177 Å². The van der Waals surface area contributed by atoms with E-state index in [0.29, 0.717) is 22.4 Å². The summed E-state index contributed by atoms with van der Waals surface area (Å²) in [5, 5.41) is 3.09. The second-order valence-corrected chi connectivity index (χ2v) is 7.95. The van der Waals surface area contributed by atoms with Gasteiger partial charge in [-0.3, -0.25) is 14.2 Å². The highest BCUT2D eigenvalue weighted by Gasteiger charge is 2.22. The standard InChI is InChI=1S/C20H20ClN5O2S/c1-3-15(19(28)24-17-8-7-13(21)11-23-17)29-20-25-18(27)10-16(22)26(20)14-6-4-5-12(2)9-14/h4-11,15H,3,22H2,1-2H3,(H,23,24,28). The van der Waals surface area contributed by atoms with Crippen LogP contribution >= 0.6 is 23.4 Å². The number of carbonyl (C=O) groups is 1. The van der Waals surface area contributed by atoms with Gasteiger partial charge in [0.25, 0.3) is 5.56 Å². The normalized spacial score (nSPS) is 11.8.